The molecule has 5 nitrogen and oxygen atoms in total. The first-order valence-corrected chi connectivity index (χ1v) is 11.0. The molecule has 6 heteroatoms. The number of hydrogen-bond donors (Lipinski definition) is 2. The maximum atomic E-state index is 10.1. The molecule has 27 heavy (non-hydrogen) atoms. The zero-order chi connectivity index (χ0) is 19.2. The molecule has 2 unspecified atom stereocenters. The van der Waals surface area contributed by atoms with E-state index >= 15 is 0 Å². The van der Waals surface area contributed by atoms with E-state index in [9.17, 15) is 4.79 Å². The van der Waals surface area contributed by atoms with E-state index in [1.165, 1.54) is 56.2 Å². The highest BCUT2D eigenvalue weighted by Gasteiger charge is 2.32. The van der Waals surface area contributed by atoms with Crippen molar-refractivity contribution in [3.8, 4) is 0 Å². The van der Waals surface area contributed by atoms with Gasteiger partial charge in [-0.25, -0.2) is 0 Å². The minimum atomic E-state index is 0.234. The molecule has 1 aromatic rings. The van der Waals surface area contributed by atoms with Crippen LogP contribution in [0.4, 0.5) is 5.69 Å². The predicted molar refractivity (Wildman–Crippen MR) is 114 cm³/mol. The Morgan fingerprint density at radius 1 is 1.19 bits per heavy atom. The Kier molecular flexibility index (Phi) is 7.44. The van der Waals surface area contributed by atoms with E-state index in [4.69, 9.17) is 4.74 Å². The number of likely N-dealkylation sites (N-methyl/N-ethyl adjacent to an activating group) is 1. The third-order valence-electron chi connectivity index (χ3n) is 6.03. The molecule has 1 heterocycles. The van der Waals surface area contributed by atoms with Crippen molar-refractivity contribution in [1.82, 2.24) is 9.62 Å². The number of fused-ring (bicyclic) bond motifs is 2. The van der Waals surface area contributed by atoms with Gasteiger partial charge in [0, 0.05) is 32.9 Å². The Morgan fingerprint density at radius 3 is 2.37 bits per heavy atom. The van der Waals surface area contributed by atoms with Gasteiger partial charge in [0.25, 0.3) is 0 Å². The van der Waals surface area contributed by atoms with Crippen LogP contribution in [-0.4, -0.2) is 56.5 Å². The van der Waals surface area contributed by atoms with Crippen LogP contribution < -0.4 is 10.0 Å². The average molecular weight is 392 g/mol. The van der Waals surface area contributed by atoms with Crippen LogP contribution in [0.25, 0.3) is 0 Å². The molecular weight excluding hydrogens is 358 g/mol. The topological polar surface area (TPSA) is 53.6 Å². The lowest BCUT2D eigenvalue weighted by atomic mass is 9.99. The summed E-state index contributed by atoms with van der Waals surface area (Å²) in [6, 6.07) is 2.48. The Balaban J connectivity index is 0.000000157. The van der Waals surface area contributed by atoms with E-state index in [0.717, 1.165) is 19.6 Å². The molecule has 2 N–H and O–H groups in total. The summed E-state index contributed by atoms with van der Waals surface area (Å²) in [6.45, 7) is 5.12. The highest BCUT2D eigenvalue weighted by atomic mass is 32.2. The summed E-state index contributed by atoms with van der Waals surface area (Å²) in [6.07, 6.45) is 8.84. The molecule has 0 spiro atoms. The van der Waals surface area contributed by atoms with Crippen molar-refractivity contribution in [2.75, 3.05) is 39.1 Å². The average Bonchev–Trinajstić information content (AvgIpc) is 3.43. The van der Waals surface area contributed by atoms with E-state index in [2.05, 4.69) is 35.0 Å². The van der Waals surface area contributed by atoms with Gasteiger partial charge in [-0.2, -0.15) is 0 Å². The monoisotopic (exact) mass is 391 g/mol. The number of likely N-dealkylation sites (tertiary alicyclic amines) is 1. The zero-order valence-electron chi connectivity index (χ0n) is 16.8. The molecule has 2 aliphatic carbocycles. The third kappa shape index (κ3) is 4.61. The number of carbonyl (C=O) groups excluding carboxylic acids is 1. The fraction of sp³-hybridized carbons (Fsp3) is 0.667. The second-order valence-corrected chi connectivity index (χ2v) is 8.58. The van der Waals surface area contributed by atoms with Crippen LogP contribution in [0.15, 0.2) is 6.07 Å². The van der Waals surface area contributed by atoms with Gasteiger partial charge < -0.3 is 14.8 Å². The maximum absolute atomic E-state index is 10.1. The minimum Gasteiger partial charge on any atom is -0.388 e. The second kappa shape index (κ2) is 9.80. The van der Waals surface area contributed by atoms with E-state index in [0.29, 0.717) is 11.7 Å². The second-order valence-electron chi connectivity index (χ2n) is 7.50. The predicted octanol–water partition coefficient (Wildman–Crippen LogP) is 2.81. The van der Waals surface area contributed by atoms with Gasteiger partial charge in [-0.15, -0.1) is 0 Å². The van der Waals surface area contributed by atoms with E-state index < -0.39 is 0 Å². The minimum absolute atomic E-state index is 0.234. The van der Waals surface area contributed by atoms with Crippen molar-refractivity contribution in [3.63, 3.8) is 0 Å². The zero-order valence-corrected chi connectivity index (χ0v) is 17.7. The lowest BCUT2D eigenvalue weighted by Gasteiger charge is -2.14. The normalized spacial score (nSPS) is 23.4. The standard InChI is InChI=1S/C13H17N.C8H16N2O2S/c1-14-13-11-6-2-4-9(11)8-10-5-3-7-12(10)13;1-3-10-4-7(12-2)8(5-10)13-9-6-11/h8,14H,2-7H2,1H3;6-8H,3-5H2,1-2H3,(H,9,11). The SMILES string of the molecule is CCN1CC(OC)C(SNC=O)C1.CNc1c2c(cc3c1CCC3)CCC2. The molecule has 2 atom stereocenters. The number of amides is 1. The summed E-state index contributed by atoms with van der Waals surface area (Å²) < 4.78 is 7.96. The van der Waals surface area contributed by atoms with Crippen LogP contribution in [0.3, 0.4) is 0 Å². The molecule has 1 saturated heterocycles. The first kappa shape index (κ1) is 20.5. The number of nitrogens with zero attached hydrogens (tertiary/aromatic N) is 1. The first-order valence-electron chi connectivity index (χ1n) is 10.2. The summed E-state index contributed by atoms with van der Waals surface area (Å²) in [4.78, 5) is 12.4. The molecule has 1 aliphatic heterocycles. The number of methoxy groups -OCH3 is 1. The molecule has 150 valence electrons. The van der Waals surface area contributed by atoms with Crippen molar-refractivity contribution < 1.29 is 9.53 Å². The maximum Gasteiger partial charge on any atom is 0.216 e. The van der Waals surface area contributed by atoms with Crippen molar-refractivity contribution in [2.45, 2.75) is 56.8 Å². The van der Waals surface area contributed by atoms with Crippen molar-refractivity contribution in [2.24, 2.45) is 0 Å². The molecule has 0 saturated carbocycles. The Bertz CT molecular complexity index is 621. The van der Waals surface area contributed by atoms with E-state index in [-0.39, 0.29) is 6.10 Å². The number of aryl methyl sites for hydroxylation is 2. The Hall–Kier alpha value is -1.24. The molecular formula is C21H33N3O2S. The number of anilines is 1. The number of benzene rings is 1. The first-order chi connectivity index (χ1) is 13.2. The van der Waals surface area contributed by atoms with Crippen LogP contribution in [0.1, 0.15) is 42.0 Å². The number of ether oxygens (including phenoxy) is 1. The molecule has 1 amide bonds. The fourth-order valence-corrected chi connectivity index (χ4v) is 5.51. The largest absolute Gasteiger partial charge is 0.388 e. The van der Waals surface area contributed by atoms with Crippen molar-refractivity contribution in [3.05, 3.63) is 28.3 Å². The summed E-state index contributed by atoms with van der Waals surface area (Å²) >= 11 is 1.45. The number of rotatable bonds is 6. The summed E-state index contributed by atoms with van der Waals surface area (Å²) in [5.74, 6) is 0. The number of hydrogen-bond acceptors (Lipinski definition) is 5. The van der Waals surface area contributed by atoms with Crippen molar-refractivity contribution in [1.29, 1.82) is 0 Å². The number of carbonyl (C=O) groups is 1. The van der Waals surface area contributed by atoms with Crippen LogP contribution in [0, 0.1) is 0 Å². The van der Waals surface area contributed by atoms with E-state index in [1.54, 1.807) is 29.4 Å². The van der Waals surface area contributed by atoms with Crippen LogP contribution in [-0.2, 0) is 35.2 Å². The van der Waals surface area contributed by atoms with Gasteiger partial charge in [0.2, 0.25) is 6.41 Å². The molecule has 3 aliphatic rings. The van der Waals surface area contributed by atoms with Crippen LogP contribution >= 0.6 is 11.9 Å². The van der Waals surface area contributed by atoms with Gasteiger partial charge in [-0.3, -0.25) is 9.69 Å². The molecule has 0 radical (unpaired) electrons. The Morgan fingerprint density at radius 2 is 1.85 bits per heavy atom. The Labute approximate surface area is 167 Å². The van der Waals surface area contributed by atoms with Gasteiger partial charge in [-0.1, -0.05) is 13.0 Å². The highest BCUT2D eigenvalue weighted by molar-refractivity contribution is 7.98. The molecule has 4 rings (SSSR count). The lowest BCUT2D eigenvalue weighted by Crippen LogP contribution is -2.25. The van der Waals surface area contributed by atoms with Gasteiger partial charge in [0.15, 0.2) is 0 Å². The number of nitrogens with one attached hydrogen (secondary N) is 2. The smallest absolute Gasteiger partial charge is 0.216 e. The van der Waals surface area contributed by atoms with Gasteiger partial charge >= 0.3 is 0 Å². The summed E-state index contributed by atoms with van der Waals surface area (Å²) in [5, 5.41) is 3.78. The van der Waals surface area contributed by atoms with Crippen LogP contribution in [0.5, 0.6) is 0 Å². The molecule has 1 fully saturated rings. The molecule has 0 aromatic heterocycles. The third-order valence-corrected chi connectivity index (χ3v) is 7.02. The highest BCUT2D eigenvalue weighted by Crippen LogP contribution is 2.38. The lowest BCUT2D eigenvalue weighted by molar-refractivity contribution is -0.107. The van der Waals surface area contributed by atoms with Gasteiger partial charge in [-0.05, 0) is 79.3 Å². The van der Waals surface area contributed by atoms with E-state index in [1.807, 2.05) is 0 Å². The van der Waals surface area contributed by atoms with Crippen molar-refractivity contribution >= 4 is 24.0 Å². The van der Waals surface area contributed by atoms with Gasteiger partial charge in [0.05, 0.1) is 11.4 Å². The van der Waals surface area contributed by atoms with Crippen LogP contribution in [0.2, 0.25) is 0 Å². The fourth-order valence-electron chi connectivity index (χ4n) is 4.65. The van der Waals surface area contributed by atoms with Gasteiger partial charge in [0.1, 0.15) is 0 Å². The summed E-state index contributed by atoms with van der Waals surface area (Å²) in [5.41, 5.74) is 7.96. The summed E-state index contributed by atoms with van der Waals surface area (Å²) in [7, 11) is 3.80. The molecule has 0 bridgehead atoms. The molecule has 1 aromatic carbocycles. The quantitative estimate of drug-likeness (QED) is 0.577.